The van der Waals surface area contributed by atoms with E-state index in [0.29, 0.717) is 11.4 Å². The highest BCUT2D eigenvalue weighted by molar-refractivity contribution is 7.89. The van der Waals surface area contributed by atoms with Crippen LogP contribution in [0.15, 0.2) is 23.1 Å². The van der Waals surface area contributed by atoms with Crippen LogP contribution in [0.4, 0.5) is 0 Å². The van der Waals surface area contributed by atoms with Gasteiger partial charge in [0.2, 0.25) is 10.0 Å². The van der Waals surface area contributed by atoms with E-state index in [1.54, 1.807) is 25.2 Å². The molecule has 1 aromatic rings. The molecule has 0 aromatic heterocycles. The Balaban J connectivity index is 2.99. The lowest BCUT2D eigenvalue weighted by atomic mass is 10.2. The van der Waals surface area contributed by atoms with Gasteiger partial charge in [-0.1, -0.05) is 13.3 Å². The highest BCUT2D eigenvalue weighted by atomic mass is 32.2. The van der Waals surface area contributed by atoms with Crippen LogP contribution in [0.5, 0.6) is 5.75 Å². The largest absolute Gasteiger partial charge is 0.491 e. The van der Waals surface area contributed by atoms with E-state index in [0.717, 1.165) is 24.2 Å². The lowest BCUT2D eigenvalue weighted by molar-refractivity contribution is 0.240. The molecule has 0 saturated carbocycles. The summed E-state index contributed by atoms with van der Waals surface area (Å²) in [6.07, 6.45) is 1.91. The minimum atomic E-state index is -3.40. The number of hydrogen-bond donors (Lipinski definition) is 0. The fourth-order valence-electron chi connectivity index (χ4n) is 1.85. The van der Waals surface area contributed by atoms with Gasteiger partial charge in [0.15, 0.2) is 0 Å². The SMILES string of the molecule is CCCCN(C)S(=O)(=O)c1ccc(OC(C)C)c(C)c1. The summed E-state index contributed by atoms with van der Waals surface area (Å²) >= 11 is 0. The predicted octanol–water partition coefficient (Wildman–Crippen LogP) is 3.20. The van der Waals surface area contributed by atoms with Crippen molar-refractivity contribution < 1.29 is 13.2 Å². The summed E-state index contributed by atoms with van der Waals surface area (Å²) < 4.78 is 31.9. The quantitative estimate of drug-likeness (QED) is 0.776. The van der Waals surface area contributed by atoms with E-state index >= 15 is 0 Å². The van der Waals surface area contributed by atoms with Gasteiger partial charge in [-0.05, 0) is 51.0 Å². The Kier molecular flexibility index (Phi) is 6.02. The second-order valence-electron chi connectivity index (χ2n) is 5.27. The topological polar surface area (TPSA) is 46.6 Å². The molecule has 0 bridgehead atoms. The molecule has 4 nitrogen and oxygen atoms in total. The van der Waals surface area contributed by atoms with Crippen LogP contribution in [0, 0.1) is 6.92 Å². The van der Waals surface area contributed by atoms with Crippen LogP contribution in [0.1, 0.15) is 39.2 Å². The van der Waals surface area contributed by atoms with E-state index in [1.807, 2.05) is 27.7 Å². The monoisotopic (exact) mass is 299 g/mol. The molecule has 0 N–H and O–H groups in total. The standard InChI is InChI=1S/C15H25NO3S/c1-6-7-10-16(5)20(17,18)14-8-9-15(13(4)11-14)19-12(2)3/h8-9,11-12H,6-7,10H2,1-5H3. The van der Waals surface area contributed by atoms with Crippen LogP contribution in [0.25, 0.3) is 0 Å². The molecule has 0 fully saturated rings. The Morgan fingerprint density at radius 3 is 2.45 bits per heavy atom. The van der Waals surface area contributed by atoms with Crippen molar-refractivity contribution in [3.05, 3.63) is 23.8 Å². The van der Waals surface area contributed by atoms with Crippen molar-refractivity contribution in [2.75, 3.05) is 13.6 Å². The molecule has 0 aliphatic carbocycles. The van der Waals surface area contributed by atoms with Gasteiger partial charge in [0.1, 0.15) is 5.75 Å². The van der Waals surface area contributed by atoms with E-state index in [9.17, 15) is 8.42 Å². The zero-order chi connectivity index (χ0) is 15.3. The van der Waals surface area contributed by atoms with Crippen LogP contribution in [0.3, 0.4) is 0 Å². The molecule has 20 heavy (non-hydrogen) atoms. The Morgan fingerprint density at radius 1 is 1.30 bits per heavy atom. The van der Waals surface area contributed by atoms with Gasteiger partial charge in [0.05, 0.1) is 11.0 Å². The molecular weight excluding hydrogens is 274 g/mol. The van der Waals surface area contributed by atoms with E-state index in [-0.39, 0.29) is 6.10 Å². The molecule has 0 heterocycles. The lowest BCUT2D eigenvalue weighted by Crippen LogP contribution is -2.28. The molecule has 0 atom stereocenters. The van der Waals surface area contributed by atoms with Gasteiger partial charge in [-0.15, -0.1) is 0 Å². The van der Waals surface area contributed by atoms with Crippen molar-refractivity contribution in [2.45, 2.75) is 51.5 Å². The van der Waals surface area contributed by atoms with Crippen LogP contribution in [0.2, 0.25) is 0 Å². The molecule has 5 heteroatoms. The third-order valence-corrected chi connectivity index (χ3v) is 4.90. The molecule has 1 aromatic carbocycles. The van der Waals surface area contributed by atoms with Gasteiger partial charge < -0.3 is 4.74 Å². The number of aryl methyl sites for hydroxylation is 1. The molecular formula is C15H25NO3S. The first-order valence-corrected chi connectivity index (χ1v) is 8.46. The van der Waals surface area contributed by atoms with Gasteiger partial charge in [0.25, 0.3) is 0 Å². The Labute approximate surface area is 122 Å². The van der Waals surface area contributed by atoms with Crippen molar-refractivity contribution in [2.24, 2.45) is 0 Å². The van der Waals surface area contributed by atoms with Crippen molar-refractivity contribution in [1.29, 1.82) is 0 Å². The van der Waals surface area contributed by atoms with Gasteiger partial charge >= 0.3 is 0 Å². The Bertz CT molecular complexity index is 538. The fourth-order valence-corrected chi connectivity index (χ4v) is 3.14. The summed E-state index contributed by atoms with van der Waals surface area (Å²) in [6, 6.07) is 5.02. The Morgan fingerprint density at radius 2 is 1.95 bits per heavy atom. The van der Waals surface area contributed by atoms with Crippen LogP contribution in [-0.4, -0.2) is 32.4 Å². The molecule has 0 radical (unpaired) electrons. The summed E-state index contributed by atoms with van der Waals surface area (Å²) in [5, 5.41) is 0. The minimum absolute atomic E-state index is 0.0726. The average Bonchev–Trinajstić information content (AvgIpc) is 2.37. The average molecular weight is 299 g/mol. The summed E-state index contributed by atoms with van der Waals surface area (Å²) in [6.45, 7) is 8.35. The molecule has 0 aliphatic heterocycles. The highest BCUT2D eigenvalue weighted by Gasteiger charge is 2.21. The van der Waals surface area contributed by atoms with E-state index < -0.39 is 10.0 Å². The molecule has 0 amide bonds. The maximum atomic E-state index is 12.4. The summed E-state index contributed by atoms with van der Waals surface area (Å²) in [4.78, 5) is 0.324. The summed E-state index contributed by atoms with van der Waals surface area (Å²) in [5.74, 6) is 0.732. The van der Waals surface area contributed by atoms with Gasteiger partial charge in [-0.3, -0.25) is 0 Å². The third kappa shape index (κ3) is 4.21. The Hall–Kier alpha value is -1.07. The number of nitrogens with zero attached hydrogens (tertiary/aromatic N) is 1. The van der Waals surface area contributed by atoms with Gasteiger partial charge in [-0.25, -0.2) is 12.7 Å². The number of hydrogen-bond acceptors (Lipinski definition) is 3. The van der Waals surface area contributed by atoms with Crippen LogP contribution >= 0.6 is 0 Å². The van der Waals surface area contributed by atoms with E-state index in [4.69, 9.17) is 4.74 Å². The number of ether oxygens (including phenoxy) is 1. The van der Waals surface area contributed by atoms with Crippen molar-refractivity contribution in [3.63, 3.8) is 0 Å². The summed E-state index contributed by atoms with van der Waals surface area (Å²) in [7, 11) is -1.78. The van der Waals surface area contributed by atoms with Crippen molar-refractivity contribution >= 4 is 10.0 Å². The van der Waals surface area contributed by atoms with Crippen LogP contribution < -0.4 is 4.74 Å². The first-order valence-electron chi connectivity index (χ1n) is 7.02. The number of sulfonamides is 1. The second kappa shape index (κ2) is 7.09. The van der Waals surface area contributed by atoms with E-state index in [1.165, 1.54) is 4.31 Å². The molecule has 0 aliphatic rings. The maximum absolute atomic E-state index is 12.4. The van der Waals surface area contributed by atoms with Gasteiger partial charge in [-0.2, -0.15) is 0 Å². The highest BCUT2D eigenvalue weighted by Crippen LogP contribution is 2.24. The molecule has 114 valence electrons. The number of unbranched alkanes of at least 4 members (excludes halogenated alkanes) is 1. The molecule has 0 saturated heterocycles. The fraction of sp³-hybridized carbons (Fsp3) is 0.600. The van der Waals surface area contributed by atoms with Crippen molar-refractivity contribution in [1.82, 2.24) is 4.31 Å². The third-order valence-electron chi connectivity index (χ3n) is 3.04. The second-order valence-corrected chi connectivity index (χ2v) is 7.32. The van der Waals surface area contributed by atoms with Crippen molar-refractivity contribution in [3.8, 4) is 5.75 Å². The molecule has 0 spiro atoms. The minimum Gasteiger partial charge on any atom is -0.491 e. The van der Waals surface area contributed by atoms with E-state index in [2.05, 4.69) is 0 Å². The first kappa shape index (κ1) is 17.0. The zero-order valence-corrected chi connectivity index (χ0v) is 13.8. The normalized spacial score (nSPS) is 12.2. The smallest absolute Gasteiger partial charge is 0.242 e. The maximum Gasteiger partial charge on any atom is 0.242 e. The number of rotatable bonds is 7. The molecule has 0 unspecified atom stereocenters. The first-order chi connectivity index (χ1) is 9.28. The molecule has 1 rings (SSSR count). The summed E-state index contributed by atoms with van der Waals surface area (Å²) in [5.41, 5.74) is 0.837. The van der Waals surface area contributed by atoms with Crippen LogP contribution in [-0.2, 0) is 10.0 Å². The van der Waals surface area contributed by atoms with Gasteiger partial charge in [0, 0.05) is 13.6 Å². The lowest BCUT2D eigenvalue weighted by Gasteiger charge is -2.18. The zero-order valence-electron chi connectivity index (χ0n) is 13.0. The predicted molar refractivity (Wildman–Crippen MR) is 81.7 cm³/mol. The number of benzene rings is 1.